The van der Waals surface area contributed by atoms with Gasteiger partial charge in [0.25, 0.3) is 0 Å². The third-order valence-electron chi connectivity index (χ3n) is 4.09. The number of anilines is 1. The first-order valence-electron chi connectivity index (χ1n) is 6.95. The first-order chi connectivity index (χ1) is 9.76. The predicted molar refractivity (Wildman–Crippen MR) is 78.4 cm³/mol. The number of nitrogens with zero attached hydrogens (tertiary/aromatic N) is 2. The molecule has 4 heteroatoms. The molecule has 20 heavy (non-hydrogen) atoms. The van der Waals surface area contributed by atoms with Crippen LogP contribution in [0.15, 0.2) is 30.3 Å². The molecule has 1 aromatic carbocycles. The minimum absolute atomic E-state index is 0.0758. The van der Waals surface area contributed by atoms with E-state index < -0.39 is 0 Å². The molecule has 0 atom stereocenters. The SMILES string of the molecule is N#Cc1cc2ccccc2nc1NC1(CO)CCCC1. The van der Waals surface area contributed by atoms with Crippen molar-refractivity contribution < 1.29 is 5.11 Å². The summed E-state index contributed by atoms with van der Waals surface area (Å²) in [5.41, 5.74) is 1.07. The quantitative estimate of drug-likeness (QED) is 0.897. The normalized spacial score (nSPS) is 17.0. The van der Waals surface area contributed by atoms with Gasteiger partial charge in [0.1, 0.15) is 11.9 Å². The van der Waals surface area contributed by atoms with Crippen molar-refractivity contribution in [2.24, 2.45) is 0 Å². The molecular formula is C16H17N3O. The molecule has 1 aromatic heterocycles. The van der Waals surface area contributed by atoms with Crippen molar-refractivity contribution in [1.29, 1.82) is 5.26 Å². The number of benzene rings is 1. The second-order valence-corrected chi connectivity index (χ2v) is 5.46. The molecule has 1 aliphatic carbocycles. The van der Waals surface area contributed by atoms with E-state index in [-0.39, 0.29) is 12.1 Å². The van der Waals surface area contributed by atoms with Gasteiger partial charge in [-0.3, -0.25) is 0 Å². The third-order valence-corrected chi connectivity index (χ3v) is 4.09. The molecule has 1 saturated carbocycles. The number of aromatic nitrogens is 1. The highest BCUT2D eigenvalue weighted by Gasteiger charge is 2.34. The topological polar surface area (TPSA) is 68.9 Å². The summed E-state index contributed by atoms with van der Waals surface area (Å²) in [5.74, 6) is 0.585. The number of para-hydroxylation sites is 1. The van der Waals surface area contributed by atoms with Crippen molar-refractivity contribution in [3.8, 4) is 6.07 Å². The molecule has 1 aliphatic rings. The largest absolute Gasteiger partial charge is 0.394 e. The van der Waals surface area contributed by atoms with E-state index in [9.17, 15) is 10.4 Å². The van der Waals surface area contributed by atoms with E-state index in [1.54, 1.807) is 0 Å². The lowest BCUT2D eigenvalue weighted by molar-refractivity contribution is 0.214. The number of aliphatic hydroxyl groups excluding tert-OH is 1. The second-order valence-electron chi connectivity index (χ2n) is 5.46. The second kappa shape index (κ2) is 5.10. The first kappa shape index (κ1) is 12.9. The van der Waals surface area contributed by atoms with E-state index >= 15 is 0 Å². The molecule has 0 radical (unpaired) electrons. The van der Waals surface area contributed by atoms with E-state index in [4.69, 9.17) is 0 Å². The molecule has 1 heterocycles. The molecule has 0 bridgehead atoms. The minimum atomic E-state index is -0.318. The number of aliphatic hydroxyl groups is 1. The summed E-state index contributed by atoms with van der Waals surface area (Å²) in [5, 5.41) is 23.3. The summed E-state index contributed by atoms with van der Waals surface area (Å²) in [6.07, 6.45) is 4.04. The molecule has 0 amide bonds. The van der Waals surface area contributed by atoms with Crippen LogP contribution in [0.25, 0.3) is 10.9 Å². The first-order valence-corrected chi connectivity index (χ1v) is 6.95. The van der Waals surface area contributed by atoms with E-state index in [0.29, 0.717) is 11.4 Å². The van der Waals surface area contributed by atoms with E-state index in [2.05, 4.69) is 16.4 Å². The number of hydrogen-bond acceptors (Lipinski definition) is 4. The summed E-state index contributed by atoms with van der Waals surface area (Å²) in [7, 11) is 0. The Hall–Kier alpha value is -2.12. The number of hydrogen-bond donors (Lipinski definition) is 2. The molecule has 1 fully saturated rings. The molecule has 2 N–H and O–H groups in total. The van der Waals surface area contributed by atoms with Crippen LogP contribution in [0, 0.1) is 11.3 Å². The Balaban J connectivity index is 2.04. The van der Waals surface area contributed by atoms with Crippen LogP contribution in [-0.2, 0) is 0 Å². The van der Waals surface area contributed by atoms with Crippen molar-refractivity contribution >= 4 is 16.7 Å². The molecule has 102 valence electrons. The number of nitrogens with one attached hydrogen (secondary N) is 1. The lowest BCUT2D eigenvalue weighted by Crippen LogP contribution is -2.39. The maximum Gasteiger partial charge on any atom is 0.145 e. The van der Waals surface area contributed by atoms with Crippen LogP contribution in [0.1, 0.15) is 31.2 Å². The lowest BCUT2D eigenvalue weighted by atomic mass is 9.98. The standard InChI is InChI=1S/C16H17N3O/c17-10-13-9-12-5-1-2-6-14(12)18-15(13)19-16(11-20)7-3-4-8-16/h1-2,5-6,9,20H,3-4,7-8,11H2,(H,18,19). The summed E-state index contributed by atoms with van der Waals surface area (Å²) in [6, 6.07) is 11.8. The molecular weight excluding hydrogens is 250 g/mol. The molecule has 3 rings (SSSR count). The number of pyridine rings is 1. The average Bonchev–Trinajstić information content (AvgIpc) is 2.95. The Morgan fingerprint density at radius 3 is 2.75 bits per heavy atom. The van der Waals surface area contributed by atoms with Crippen LogP contribution in [0.2, 0.25) is 0 Å². The van der Waals surface area contributed by atoms with Crippen molar-refractivity contribution in [2.45, 2.75) is 31.2 Å². The van der Waals surface area contributed by atoms with Gasteiger partial charge in [-0.1, -0.05) is 31.0 Å². The maximum atomic E-state index is 9.68. The van der Waals surface area contributed by atoms with Crippen molar-refractivity contribution in [3.63, 3.8) is 0 Å². The van der Waals surface area contributed by atoms with Crippen LogP contribution >= 0.6 is 0 Å². The van der Waals surface area contributed by atoms with Gasteiger partial charge in [0.15, 0.2) is 0 Å². The molecule has 2 aromatic rings. The number of fused-ring (bicyclic) bond motifs is 1. The average molecular weight is 267 g/mol. The zero-order valence-electron chi connectivity index (χ0n) is 11.3. The number of rotatable bonds is 3. The van der Waals surface area contributed by atoms with Gasteiger partial charge >= 0.3 is 0 Å². The summed E-state index contributed by atoms with van der Waals surface area (Å²) < 4.78 is 0. The Bertz CT molecular complexity index is 669. The van der Waals surface area contributed by atoms with Crippen LogP contribution in [0.4, 0.5) is 5.82 Å². The van der Waals surface area contributed by atoms with E-state index in [0.717, 1.165) is 36.6 Å². The Morgan fingerprint density at radius 2 is 2.05 bits per heavy atom. The molecule has 0 unspecified atom stereocenters. The summed E-state index contributed by atoms with van der Waals surface area (Å²) in [6.45, 7) is 0.0758. The number of nitriles is 1. The fraction of sp³-hybridized carbons (Fsp3) is 0.375. The van der Waals surface area contributed by atoms with Gasteiger partial charge in [0.2, 0.25) is 0 Å². The smallest absolute Gasteiger partial charge is 0.145 e. The van der Waals surface area contributed by atoms with Gasteiger partial charge in [-0.15, -0.1) is 0 Å². The molecule has 4 nitrogen and oxygen atoms in total. The molecule has 0 saturated heterocycles. The van der Waals surface area contributed by atoms with Crippen LogP contribution < -0.4 is 5.32 Å². The van der Waals surface area contributed by atoms with Gasteiger partial charge in [0.05, 0.1) is 23.2 Å². The fourth-order valence-corrected chi connectivity index (χ4v) is 2.92. The lowest BCUT2D eigenvalue weighted by Gasteiger charge is -2.29. The van der Waals surface area contributed by atoms with E-state index in [1.165, 1.54) is 0 Å². The third kappa shape index (κ3) is 2.21. The van der Waals surface area contributed by atoms with Gasteiger partial charge in [-0.2, -0.15) is 5.26 Å². The Labute approximate surface area is 118 Å². The van der Waals surface area contributed by atoms with E-state index in [1.807, 2.05) is 30.3 Å². The molecule has 0 spiro atoms. The van der Waals surface area contributed by atoms with Crippen molar-refractivity contribution in [3.05, 3.63) is 35.9 Å². The van der Waals surface area contributed by atoms with Gasteiger partial charge in [-0.25, -0.2) is 4.98 Å². The zero-order valence-corrected chi connectivity index (χ0v) is 11.3. The highest BCUT2D eigenvalue weighted by Crippen LogP contribution is 2.33. The van der Waals surface area contributed by atoms with Crippen molar-refractivity contribution in [1.82, 2.24) is 4.98 Å². The predicted octanol–water partition coefficient (Wildman–Crippen LogP) is 2.82. The van der Waals surface area contributed by atoms with Crippen LogP contribution in [0.3, 0.4) is 0 Å². The maximum absolute atomic E-state index is 9.68. The fourth-order valence-electron chi connectivity index (χ4n) is 2.92. The van der Waals surface area contributed by atoms with Crippen LogP contribution in [-0.4, -0.2) is 22.2 Å². The van der Waals surface area contributed by atoms with Crippen LogP contribution in [0.5, 0.6) is 0 Å². The van der Waals surface area contributed by atoms with Gasteiger partial charge in [-0.05, 0) is 25.0 Å². The van der Waals surface area contributed by atoms with Crippen molar-refractivity contribution in [2.75, 3.05) is 11.9 Å². The Morgan fingerprint density at radius 1 is 1.30 bits per heavy atom. The molecule has 0 aliphatic heterocycles. The highest BCUT2D eigenvalue weighted by atomic mass is 16.3. The highest BCUT2D eigenvalue weighted by molar-refractivity contribution is 5.82. The minimum Gasteiger partial charge on any atom is -0.394 e. The Kier molecular flexibility index (Phi) is 3.29. The summed E-state index contributed by atoms with van der Waals surface area (Å²) >= 11 is 0. The summed E-state index contributed by atoms with van der Waals surface area (Å²) in [4.78, 5) is 4.56. The van der Waals surface area contributed by atoms with Gasteiger partial charge in [0, 0.05) is 5.39 Å². The zero-order chi connectivity index (χ0) is 14.0. The van der Waals surface area contributed by atoms with Gasteiger partial charge < -0.3 is 10.4 Å². The monoisotopic (exact) mass is 267 g/mol.